The summed E-state index contributed by atoms with van der Waals surface area (Å²) in [6, 6.07) is 0. The molecule has 0 spiro atoms. The van der Waals surface area contributed by atoms with E-state index in [1.54, 1.807) is 12.5 Å². The van der Waals surface area contributed by atoms with E-state index in [-0.39, 0.29) is 6.61 Å². The third-order valence-corrected chi connectivity index (χ3v) is 0.917. The van der Waals surface area contributed by atoms with Gasteiger partial charge in [0.05, 0.1) is 12.9 Å². The van der Waals surface area contributed by atoms with Gasteiger partial charge in [0, 0.05) is 18.9 Å². The molecule has 0 saturated heterocycles. The standard InChI is InChI=1S/C5H8N2O.2H3O4P/c8-4-3-7-2-1-6-5-7;2*1-5(2,3)4/h1-2,5,8H,3-4H2;2*(H3,1,2,3,4). The van der Waals surface area contributed by atoms with Gasteiger partial charge in [0.25, 0.3) is 0 Å². The number of hydrogen-bond acceptors (Lipinski definition) is 4. The zero-order valence-electron chi connectivity index (χ0n) is 8.88. The predicted molar refractivity (Wildman–Crippen MR) is 57.8 cm³/mol. The minimum atomic E-state index is -4.64. The summed E-state index contributed by atoms with van der Waals surface area (Å²) < 4.78 is 19.6. The number of imidazole rings is 1. The third-order valence-electron chi connectivity index (χ3n) is 0.917. The van der Waals surface area contributed by atoms with Crippen LogP contribution in [0, 0.1) is 0 Å². The Morgan fingerprint density at radius 2 is 1.39 bits per heavy atom. The lowest BCUT2D eigenvalue weighted by Crippen LogP contribution is -1.97. The minimum Gasteiger partial charge on any atom is -0.395 e. The second-order valence-electron chi connectivity index (χ2n) is 2.55. The summed E-state index contributed by atoms with van der Waals surface area (Å²) in [4.78, 5) is 46.9. The molecule has 0 fully saturated rings. The summed E-state index contributed by atoms with van der Waals surface area (Å²) in [5.41, 5.74) is 0. The lowest BCUT2D eigenvalue weighted by molar-refractivity contribution is 0.272. The predicted octanol–water partition coefficient (Wildman–Crippen LogP) is -1.98. The number of hydrogen-bond donors (Lipinski definition) is 7. The van der Waals surface area contributed by atoms with Crippen molar-refractivity contribution in [3.8, 4) is 0 Å². The van der Waals surface area contributed by atoms with Crippen LogP contribution in [-0.2, 0) is 15.7 Å². The molecule has 0 aliphatic carbocycles. The maximum absolute atomic E-state index is 8.88. The van der Waals surface area contributed by atoms with Gasteiger partial charge in [0.15, 0.2) is 0 Å². The minimum absolute atomic E-state index is 0.177. The van der Waals surface area contributed by atoms with Crippen LogP contribution >= 0.6 is 15.6 Å². The van der Waals surface area contributed by atoms with Crippen LogP contribution in [-0.4, -0.2) is 50.6 Å². The van der Waals surface area contributed by atoms with E-state index in [1.807, 2.05) is 10.8 Å². The molecular formula is C5H14N2O9P2. The second kappa shape index (κ2) is 9.34. The third kappa shape index (κ3) is 36.1. The molecular weight excluding hydrogens is 294 g/mol. The fraction of sp³-hybridized carbons (Fsp3) is 0.400. The molecule has 0 aliphatic rings. The van der Waals surface area contributed by atoms with Crippen molar-refractivity contribution >= 4 is 15.6 Å². The Morgan fingerprint density at radius 3 is 1.61 bits per heavy atom. The van der Waals surface area contributed by atoms with Crippen molar-refractivity contribution in [1.29, 1.82) is 0 Å². The summed E-state index contributed by atoms with van der Waals surface area (Å²) in [5, 5.41) is 8.39. The van der Waals surface area contributed by atoms with Crippen LogP contribution < -0.4 is 0 Å². The Balaban J connectivity index is 0. The highest BCUT2D eigenvalue weighted by Gasteiger charge is 2.00. The molecule has 13 heteroatoms. The number of aliphatic hydroxyl groups is 1. The molecule has 0 amide bonds. The molecule has 7 N–H and O–H groups in total. The quantitative estimate of drug-likeness (QED) is 0.301. The molecule has 0 saturated carbocycles. The van der Waals surface area contributed by atoms with Crippen LogP contribution in [0.4, 0.5) is 0 Å². The van der Waals surface area contributed by atoms with E-state index in [9.17, 15) is 0 Å². The van der Waals surface area contributed by atoms with Gasteiger partial charge in [-0.2, -0.15) is 0 Å². The van der Waals surface area contributed by atoms with Crippen LogP contribution in [0.3, 0.4) is 0 Å². The lowest BCUT2D eigenvalue weighted by Gasteiger charge is -1.92. The van der Waals surface area contributed by atoms with Gasteiger partial charge in [-0.05, 0) is 0 Å². The Labute approximate surface area is 101 Å². The van der Waals surface area contributed by atoms with Crippen molar-refractivity contribution in [1.82, 2.24) is 9.55 Å². The molecule has 108 valence electrons. The van der Waals surface area contributed by atoms with Gasteiger partial charge in [-0.15, -0.1) is 0 Å². The van der Waals surface area contributed by atoms with Crippen molar-refractivity contribution in [2.75, 3.05) is 6.61 Å². The molecule has 1 heterocycles. The van der Waals surface area contributed by atoms with Gasteiger partial charge in [0.1, 0.15) is 0 Å². The summed E-state index contributed by atoms with van der Waals surface area (Å²) in [5.74, 6) is 0. The molecule has 0 unspecified atom stereocenters. The van der Waals surface area contributed by atoms with E-state index < -0.39 is 15.6 Å². The topological polar surface area (TPSA) is 194 Å². The van der Waals surface area contributed by atoms with Crippen molar-refractivity contribution < 1.29 is 43.6 Å². The maximum Gasteiger partial charge on any atom is 0.466 e. The molecule has 0 radical (unpaired) electrons. The first-order valence-electron chi connectivity index (χ1n) is 4.06. The van der Waals surface area contributed by atoms with Crippen molar-refractivity contribution in [2.45, 2.75) is 6.54 Å². The Morgan fingerprint density at radius 1 is 1.00 bits per heavy atom. The highest BCUT2D eigenvalue weighted by Crippen LogP contribution is 2.26. The van der Waals surface area contributed by atoms with Gasteiger partial charge in [-0.3, -0.25) is 0 Å². The van der Waals surface area contributed by atoms with Gasteiger partial charge in [-0.25, -0.2) is 14.1 Å². The van der Waals surface area contributed by atoms with E-state index in [0.29, 0.717) is 6.54 Å². The number of aromatic nitrogens is 2. The van der Waals surface area contributed by atoms with Gasteiger partial charge in [-0.1, -0.05) is 0 Å². The fourth-order valence-corrected chi connectivity index (χ4v) is 0.534. The molecule has 0 aliphatic heterocycles. The Hall–Kier alpha value is -0.610. The second-order valence-corrected chi connectivity index (χ2v) is 4.60. The van der Waals surface area contributed by atoms with Gasteiger partial charge in [0.2, 0.25) is 0 Å². The number of rotatable bonds is 2. The van der Waals surface area contributed by atoms with E-state index in [4.69, 9.17) is 43.6 Å². The van der Waals surface area contributed by atoms with Crippen molar-refractivity contribution in [2.24, 2.45) is 0 Å². The molecule has 18 heavy (non-hydrogen) atoms. The first-order chi connectivity index (χ1) is 7.93. The lowest BCUT2D eigenvalue weighted by atomic mass is 10.7. The summed E-state index contributed by atoms with van der Waals surface area (Å²) >= 11 is 0. The molecule has 0 atom stereocenters. The monoisotopic (exact) mass is 308 g/mol. The number of nitrogens with zero attached hydrogens (tertiary/aromatic N) is 2. The molecule has 11 nitrogen and oxygen atoms in total. The smallest absolute Gasteiger partial charge is 0.395 e. The SMILES string of the molecule is O=P(O)(O)O.O=P(O)(O)O.OCCn1ccnc1. The largest absolute Gasteiger partial charge is 0.466 e. The number of phosphoric acid groups is 2. The van der Waals surface area contributed by atoms with E-state index in [0.717, 1.165) is 0 Å². The zero-order valence-corrected chi connectivity index (χ0v) is 10.7. The molecule has 0 bridgehead atoms. The van der Waals surface area contributed by atoms with Crippen LogP contribution in [0.1, 0.15) is 0 Å². The number of aliphatic hydroxyl groups excluding tert-OH is 1. The van der Waals surface area contributed by atoms with E-state index in [2.05, 4.69) is 4.98 Å². The first-order valence-corrected chi connectivity index (χ1v) is 7.19. The van der Waals surface area contributed by atoms with Crippen molar-refractivity contribution in [3.63, 3.8) is 0 Å². The molecule has 1 aromatic heterocycles. The van der Waals surface area contributed by atoms with E-state index in [1.165, 1.54) is 0 Å². The van der Waals surface area contributed by atoms with Crippen LogP contribution in [0.25, 0.3) is 0 Å². The summed E-state index contributed by atoms with van der Waals surface area (Å²) in [7, 11) is -9.28. The van der Waals surface area contributed by atoms with Crippen LogP contribution in [0.15, 0.2) is 18.7 Å². The first kappa shape index (κ1) is 19.7. The average Bonchev–Trinajstić information content (AvgIpc) is 2.50. The Bertz CT molecular complexity index is 345. The van der Waals surface area contributed by atoms with Crippen molar-refractivity contribution in [3.05, 3.63) is 18.7 Å². The normalized spacial score (nSPS) is 10.8. The molecule has 1 rings (SSSR count). The van der Waals surface area contributed by atoms with Gasteiger partial charge < -0.3 is 39.0 Å². The molecule has 0 aromatic carbocycles. The summed E-state index contributed by atoms with van der Waals surface area (Å²) in [6.45, 7) is 0.816. The van der Waals surface area contributed by atoms with Gasteiger partial charge >= 0.3 is 15.6 Å². The summed E-state index contributed by atoms with van der Waals surface area (Å²) in [6.07, 6.45) is 5.18. The fourth-order valence-electron chi connectivity index (χ4n) is 0.534. The average molecular weight is 308 g/mol. The van der Waals surface area contributed by atoms with Crippen LogP contribution in [0.5, 0.6) is 0 Å². The highest BCUT2D eigenvalue weighted by atomic mass is 31.2. The molecule has 1 aromatic rings. The Kier molecular flexibility index (Phi) is 10.2. The van der Waals surface area contributed by atoms with Crippen LogP contribution in [0.2, 0.25) is 0 Å². The zero-order chi connectivity index (χ0) is 14.8. The van der Waals surface area contributed by atoms with E-state index >= 15 is 0 Å². The maximum atomic E-state index is 8.88. The highest BCUT2D eigenvalue weighted by molar-refractivity contribution is 7.45.